The van der Waals surface area contributed by atoms with Crippen molar-refractivity contribution in [2.45, 2.75) is 42.8 Å². The van der Waals surface area contributed by atoms with Gasteiger partial charge in [0.2, 0.25) is 10.0 Å². The number of nitrogens with one attached hydrogen (secondary N) is 1. The van der Waals surface area contributed by atoms with E-state index in [1.807, 2.05) is 0 Å². The quantitative estimate of drug-likeness (QED) is 0.740. The lowest BCUT2D eigenvalue weighted by molar-refractivity contribution is 0.272. The van der Waals surface area contributed by atoms with Crippen molar-refractivity contribution < 1.29 is 8.42 Å². The molecule has 1 aliphatic rings. The monoisotopic (exact) mass is 269 g/mol. The van der Waals surface area contributed by atoms with Crippen molar-refractivity contribution >= 4 is 10.0 Å². The maximum Gasteiger partial charge on any atom is 0.238 e. The molecule has 0 saturated heterocycles. The van der Waals surface area contributed by atoms with Gasteiger partial charge in [-0.1, -0.05) is 12.1 Å². The molecular formula is C12H19N3O2S. The molecule has 1 aromatic rings. The van der Waals surface area contributed by atoms with E-state index < -0.39 is 10.0 Å². The molecule has 1 unspecified atom stereocenters. The number of primary sulfonamides is 1. The van der Waals surface area contributed by atoms with Crippen molar-refractivity contribution in [3.05, 3.63) is 29.8 Å². The maximum absolute atomic E-state index is 11.1. The molecule has 0 heterocycles. The summed E-state index contributed by atoms with van der Waals surface area (Å²) in [4.78, 5) is 0.143. The Morgan fingerprint density at radius 1 is 1.28 bits per heavy atom. The molecule has 0 aromatic heterocycles. The molecule has 1 fully saturated rings. The first-order valence-electron chi connectivity index (χ1n) is 6.00. The highest BCUT2D eigenvalue weighted by atomic mass is 32.2. The number of benzene rings is 1. The van der Waals surface area contributed by atoms with E-state index >= 15 is 0 Å². The summed E-state index contributed by atoms with van der Waals surface area (Å²) < 4.78 is 22.3. The molecule has 1 aliphatic carbocycles. The summed E-state index contributed by atoms with van der Waals surface area (Å²) in [7, 11) is -3.61. The molecule has 2 rings (SSSR count). The molecule has 0 amide bonds. The van der Waals surface area contributed by atoms with Crippen molar-refractivity contribution in [3.63, 3.8) is 0 Å². The molecule has 100 valence electrons. The molecule has 0 radical (unpaired) electrons. The molecular weight excluding hydrogens is 250 g/mol. The Bertz CT molecular complexity index is 507. The number of nitrogens with two attached hydrogens (primary N) is 2. The summed E-state index contributed by atoms with van der Waals surface area (Å²) >= 11 is 0. The summed E-state index contributed by atoms with van der Waals surface area (Å²) in [6.45, 7) is 2.05. The maximum atomic E-state index is 11.1. The number of sulfonamides is 1. The summed E-state index contributed by atoms with van der Waals surface area (Å²) in [5, 5.41) is 8.51. The van der Waals surface area contributed by atoms with E-state index in [0.29, 0.717) is 12.1 Å². The summed E-state index contributed by atoms with van der Waals surface area (Å²) in [6.07, 6.45) is 2.00. The van der Waals surface area contributed by atoms with Crippen LogP contribution in [0.3, 0.4) is 0 Å². The molecule has 1 atom stereocenters. The van der Waals surface area contributed by atoms with Crippen LogP contribution < -0.4 is 16.2 Å². The van der Waals surface area contributed by atoms with E-state index in [2.05, 4.69) is 12.2 Å². The van der Waals surface area contributed by atoms with Crippen LogP contribution in [0.1, 0.15) is 31.4 Å². The van der Waals surface area contributed by atoms with E-state index in [-0.39, 0.29) is 10.9 Å². The van der Waals surface area contributed by atoms with Crippen LogP contribution in [0.25, 0.3) is 0 Å². The lowest BCUT2D eigenvalue weighted by atomic mass is 9.87. The van der Waals surface area contributed by atoms with Crippen molar-refractivity contribution in [1.29, 1.82) is 0 Å². The third-order valence-corrected chi connectivity index (χ3v) is 4.30. The standard InChI is InChI=1S/C12H19N3O2S/c1-8(15-11-6-10(13)7-11)9-2-4-12(5-3-9)18(14,16)17/h2-5,8,10-11,15H,6-7,13H2,1H3,(H2,14,16,17). The lowest BCUT2D eigenvalue weighted by Crippen LogP contribution is -2.49. The van der Waals surface area contributed by atoms with Crippen LogP contribution in [-0.2, 0) is 10.0 Å². The molecule has 0 aliphatic heterocycles. The Kier molecular flexibility index (Phi) is 3.72. The molecule has 6 heteroatoms. The van der Waals surface area contributed by atoms with Gasteiger partial charge < -0.3 is 11.1 Å². The third kappa shape index (κ3) is 3.08. The van der Waals surface area contributed by atoms with E-state index in [9.17, 15) is 8.42 Å². The topological polar surface area (TPSA) is 98.2 Å². The highest BCUT2D eigenvalue weighted by Crippen LogP contribution is 2.22. The average molecular weight is 269 g/mol. The zero-order valence-electron chi connectivity index (χ0n) is 10.3. The molecule has 5 N–H and O–H groups in total. The van der Waals surface area contributed by atoms with Gasteiger partial charge in [-0.2, -0.15) is 0 Å². The Morgan fingerprint density at radius 2 is 1.83 bits per heavy atom. The summed E-state index contributed by atoms with van der Waals surface area (Å²) in [5.41, 5.74) is 6.77. The SMILES string of the molecule is CC(NC1CC(N)C1)c1ccc(S(N)(=O)=O)cc1. The van der Waals surface area contributed by atoms with Gasteiger partial charge in [0.05, 0.1) is 4.90 Å². The second-order valence-corrected chi connectivity index (χ2v) is 6.49. The second kappa shape index (κ2) is 4.97. The van der Waals surface area contributed by atoms with Crippen LogP contribution in [0, 0.1) is 0 Å². The van der Waals surface area contributed by atoms with Crippen LogP contribution in [0.15, 0.2) is 29.2 Å². The summed E-state index contributed by atoms with van der Waals surface area (Å²) in [5.74, 6) is 0. The zero-order valence-corrected chi connectivity index (χ0v) is 11.2. The van der Waals surface area contributed by atoms with Crippen molar-refractivity contribution in [2.24, 2.45) is 10.9 Å². The normalized spacial score (nSPS) is 25.5. The van der Waals surface area contributed by atoms with Crippen LogP contribution in [0.4, 0.5) is 0 Å². The van der Waals surface area contributed by atoms with Crippen LogP contribution in [-0.4, -0.2) is 20.5 Å². The lowest BCUT2D eigenvalue weighted by Gasteiger charge is -2.35. The molecule has 1 aromatic carbocycles. The first-order chi connectivity index (χ1) is 8.36. The minimum atomic E-state index is -3.61. The molecule has 5 nitrogen and oxygen atoms in total. The molecule has 0 bridgehead atoms. The van der Waals surface area contributed by atoms with Crippen LogP contribution in [0.5, 0.6) is 0 Å². The van der Waals surface area contributed by atoms with Gasteiger partial charge in [-0.25, -0.2) is 13.6 Å². The Hall–Kier alpha value is -0.950. The van der Waals surface area contributed by atoms with E-state index in [1.54, 1.807) is 12.1 Å². The van der Waals surface area contributed by atoms with Crippen molar-refractivity contribution in [1.82, 2.24) is 5.32 Å². The predicted octanol–water partition coefficient (Wildman–Crippen LogP) is 0.474. The van der Waals surface area contributed by atoms with Gasteiger partial charge in [0.25, 0.3) is 0 Å². The third-order valence-electron chi connectivity index (χ3n) is 3.37. The fourth-order valence-electron chi connectivity index (χ4n) is 2.19. The zero-order chi connectivity index (χ0) is 13.3. The number of hydrogen-bond acceptors (Lipinski definition) is 4. The molecule has 18 heavy (non-hydrogen) atoms. The van der Waals surface area contributed by atoms with Crippen LogP contribution in [0.2, 0.25) is 0 Å². The second-order valence-electron chi connectivity index (χ2n) is 4.93. The fourth-order valence-corrected chi connectivity index (χ4v) is 2.71. The van der Waals surface area contributed by atoms with E-state index in [0.717, 1.165) is 18.4 Å². The minimum absolute atomic E-state index is 0.143. The van der Waals surface area contributed by atoms with Crippen molar-refractivity contribution in [2.75, 3.05) is 0 Å². The predicted molar refractivity (Wildman–Crippen MR) is 70.4 cm³/mol. The average Bonchev–Trinajstić information content (AvgIpc) is 2.26. The fraction of sp³-hybridized carbons (Fsp3) is 0.500. The van der Waals surface area contributed by atoms with Crippen LogP contribution >= 0.6 is 0 Å². The minimum Gasteiger partial charge on any atom is -0.328 e. The van der Waals surface area contributed by atoms with Gasteiger partial charge in [0.1, 0.15) is 0 Å². The molecule has 1 saturated carbocycles. The Balaban J connectivity index is 2.01. The smallest absolute Gasteiger partial charge is 0.238 e. The Labute approximate surface area is 108 Å². The highest BCUT2D eigenvalue weighted by molar-refractivity contribution is 7.89. The van der Waals surface area contributed by atoms with Gasteiger partial charge in [0.15, 0.2) is 0 Å². The van der Waals surface area contributed by atoms with Gasteiger partial charge in [-0.05, 0) is 37.5 Å². The van der Waals surface area contributed by atoms with E-state index in [1.165, 1.54) is 12.1 Å². The van der Waals surface area contributed by atoms with Gasteiger partial charge >= 0.3 is 0 Å². The highest BCUT2D eigenvalue weighted by Gasteiger charge is 2.26. The van der Waals surface area contributed by atoms with Gasteiger partial charge in [-0.3, -0.25) is 0 Å². The number of rotatable bonds is 4. The first-order valence-corrected chi connectivity index (χ1v) is 7.55. The summed E-state index contributed by atoms with van der Waals surface area (Å²) in [6, 6.07) is 7.61. The van der Waals surface area contributed by atoms with E-state index in [4.69, 9.17) is 10.9 Å². The largest absolute Gasteiger partial charge is 0.328 e. The first kappa shape index (κ1) is 13.5. The van der Waals surface area contributed by atoms with Gasteiger partial charge in [0, 0.05) is 18.1 Å². The molecule has 0 spiro atoms. The van der Waals surface area contributed by atoms with Crippen molar-refractivity contribution in [3.8, 4) is 0 Å². The number of hydrogen-bond donors (Lipinski definition) is 3. The van der Waals surface area contributed by atoms with Gasteiger partial charge in [-0.15, -0.1) is 0 Å². The Morgan fingerprint density at radius 3 is 2.28 bits per heavy atom.